The number of hydrogen-bond acceptors (Lipinski definition) is 4. The number of fused-ring (bicyclic) bond motifs is 1. The number of esters is 1. The molecule has 5 heteroatoms. The Morgan fingerprint density at radius 2 is 1.53 bits per heavy atom. The Kier molecular flexibility index (Phi) is 5.64. The predicted octanol–water partition coefficient (Wildman–Crippen LogP) is 5.60. The highest BCUT2D eigenvalue weighted by atomic mass is 79.9. The zero-order valence-corrected chi connectivity index (χ0v) is 17.9. The average Bonchev–Trinajstić information content (AvgIpc) is 2.73. The van der Waals surface area contributed by atoms with Crippen LogP contribution in [0.4, 0.5) is 0 Å². The molecule has 30 heavy (non-hydrogen) atoms. The number of Topliss-reactive ketones (excluding diaryl/α,β-unsaturated/α-hetero) is 2. The fourth-order valence-corrected chi connectivity index (χ4v) is 4.12. The molecule has 1 aliphatic heterocycles. The van der Waals surface area contributed by atoms with Gasteiger partial charge in [-0.05, 0) is 47.9 Å². The van der Waals surface area contributed by atoms with Crippen molar-refractivity contribution in [2.45, 2.75) is 19.3 Å². The Bertz CT molecular complexity index is 1120. The Balaban J connectivity index is 1.69. The number of hydrogen-bond donors (Lipinski definition) is 0. The maximum Gasteiger partial charge on any atom is 0.322 e. The molecule has 4 rings (SSSR count). The molecule has 1 aliphatic rings. The van der Waals surface area contributed by atoms with Crippen molar-refractivity contribution >= 4 is 33.5 Å². The first-order valence-electron chi connectivity index (χ1n) is 9.64. The van der Waals surface area contributed by atoms with Crippen molar-refractivity contribution in [1.82, 2.24) is 0 Å². The van der Waals surface area contributed by atoms with Crippen molar-refractivity contribution in [3.8, 4) is 16.9 Å². The van der Waals surface area contributed by atoms with Gasteiger partial charge in [-0.25, -0.2) is 0 Å². The molecule has 0 saturated heterocycles. The molecule has 0 aliphatic carbocycles. The van der Waals surface area contributed by atoms with Crippen LogP contribution in [0.5, 0.6) is 5.75 Å². The maximum atomic E-state index is 13.1. The van der Waals surface area contributed by atoms with Gasteiger partial charge in [0.05, 0.1) is 5.56 Å². The molecule has 0 N–H and O–H groups in total. The second kappa shape index (κ2) is 8.36. The number of halogens is 1. The van der Waals surface area contributed by atoms with Crippen LogP contribution in [0.15, 0.2) is 77.3 Å². The number of para-hydroxylation sites is 1. The van der Waals surface area contributed by atoms with Gasteiger partial charge in [-0.3, -0.25) is 9.59 Å². The molecule has 0 spiro atoms. The number of ketones is 2. The van der Waals surface area contributed by atoms with Crippen molar-refractivity contribution in [3.05, 3.63) is 88.4 Å². The zero-order valence-electron chi connectivity index (χ0n) is 16.3. The second-order valence-corrected chi connectivity index (χ2v) is 8.32. The zero-order chi connectivity index (χ0) is 21.3. The number of carbonyl (C=O) groups is 3. The molecule has 2 atom stereocenters. The molecule has 3 aromatic rings. The summed E-state index contributed by atoms with van der Waals surface area (Å²) < 4.78 is 6.43. The number of ether oxygens (including phenoxy) is 1. The summed E-state index contributed by atoms with van der Waals surface area (Å²) in [4.78, 5) is 37.8. The molecule has 3 aromatic carbocycles. The summed E-state index contributed by atoms with van der Waals surface area (Å²) in [6.07, 6.45) is 0.0886. The molecule has 1 heterocycles. The third-order valence-electron chi connectivity index (χ3n) is 5.33. The van der Waals surface area contributed by atoms with Gasteiger partial charge < -0.3 is 9.53 Å². The maximum absolute atomic E-state index is 13.1. The summed E-state index contributed by atoms with van der Waals surface area (Å²) in [6, 6.07) is 22.3. The fraction of sp³-hybridized carbons (Fsp3) is 0.160. The van der Waals surface area contributed by atoms with Crippen LogP contribution in [-0.2, 0) is 9.59 Å². The van der Waals surface area contributed by atoms with Crippen LogP contribution in [0, 0.1) is 5.92 Å². The summed E-state index contributed by atoms with van der Waals surface area (Å²) >= 11 is 3.43. The molecule has 0 amide bonds. The summed E-state index contributed by atoms with van der Waals surface area (Å²) in [7, 11) is 0. The van der Waals surface area contributed by atoms with Gasteiger partial charge in [0.25, 0.3) is 0 Å². The molecule has 150 valence electrons. The molecule has 0 fully saturated rings. The lowest BCUT2D eigenvalue weighted by molar-refractivity contribution is -0.138. The van der Waals surface area contributed by atoms with Crippen molar-refractivity contribution in [2.75, 3.05) is 0 Å². The van der Waals surface area contributed by atoms with E-state index in [0.717, 1.165) is 21.2 Å². The normalized spacial score (nSPS) is 16.5. The smallest absolute Gasteiger partial charge is 0.322 e. The van der Waals surface area contributed by atoms with E-state index in [-0.39, 0.29) is 23.7 Å². The fourth-order valence-electron chi connectivity index (χ4n) is 3.86. The SMILES string of the molecule is CC(=O)CC(c1ccc(-c2ccc(Br)cc2)cc1)C1C(=O)Oc2ccccc2C1=O. The van der Waals surface area contributed by atoms with Crippen LogP contribution in [0.2, 0.25) is 0 Å². The summed E-state index contributed by atoms with van der Waals surface area (Å²) in [6.45, 7) is 1.47. The van der Waals surface area contributed by atoms with Gasteiger partial charge in [0.2, 0.25) is 0 Å². The van der Waals surface area contributed by atoms with Crippen LogP contribution < -0.4 is 4.74 Å². The van der Waals surface area contributed by atoms with E-state index in [9.17, 15) is 14.4 Å². The largest absolute Gasteiger partial charge is 0.425 e. The Hall–Kier alpha value is -3.05. The Labute approximate surface area is 183 Å². The molecule has 0 saturated carbocycles. The highest BCUT2D eigenvalue weighted by Gasteiger charge is 2.42. The van der Waals surface area contributed by atoms with Gasteiger partial charge in [-0.15, -0.1) is 0 Å². The topological polar surface area (TPSA) is 60.4 Å². The molecule has 0 bridgehead atoms. The minimum atomic E-state index is -1.04. The number of rotatable bonds is 5. The first-order chi connectivity index (χ1) is 14.4. The predicted molar refractivity (Wildman–Crippen MR) is 118 cm³/mol. The van der Waals surface area contributed by atoms with E-state index in [1.54, 1.807) is 24.3 Å². The van der Waals surface area contributed by atoms with E-state index in [1.807, 2.05) is 48.5 Å². The van der Waals surface area contributed by atoms with E-state index in [1.165, 1.54) is 6.92 Å². The Morgan fingerprint density at radius 3 is 2.17 bits per heavy atom. The van der Waals surface area contributed by atoms with Crippen molar-refractivity contribution in [1.29, 1.82) is 0 Å². The minimum Gasteiger partial charge on any atom is -0.425 e. The third-order valence-corrected chi connectivity index (χ3v) is 5.85. The quantitative estimate of drug-likeness (QED) is 0.281. The van der Waals surface area contributed by atoms with Gasteiger partial charge >= 0.3 is 5.97 Å². The lowest BCUT2D eigenvalue weighted by Gasteiger charge is -2.28. The Morgan fingerprint density at radius 1 is 0.933 bits per heavy atom. The minimum absolute atomic E-state index is 0.0866. The summed E-state index contributed by atoms with van der Waals surface area (Å²) in [5.41, 5.74) is 3.20. The second-order valence-electron chi connectivity index (χ2n) is 7.40. The first kappa shape index (κ1) is 20.2. The number of benzene rings is 3. The highest BCUT2D eigenvalue weighted by molar-refractivity contribution is 9.10. The van der Waals surface area contributed by atoms with Crippen molar-refractivity contribution in [3.63, 3.8) is 0 Å². The standard InChI is InChI=1S/C25H19BrO4/c1-15(27)14-21(23-24(28)20-4-2-3-5-22(20)30-25(23)29)18-8-6-16(7-9-18)17-10-12-19(26)13-11-17/h2-13,21,23H,14H2,1H3. The van der Waals surface area contributed by atoms with E-state index in [4.69, 9.17) is 4.74 Å². The lowest BCUT2D eigenvalue weighted by atomic mass is 9.77. The van der Waals surface area contributed by atoms with Crippen LogP contribution in [-0.4, -0.2) is 17.5 Å². The van der Waals surface area contributed by atoms with Gasteiger partial charge in [-0.2, -0.15) is 0 Å². The van der Waals surface area contributed by atoms with E-state index < -0.39 is 17.8 Å². The molecule has 4 nitrogen and oxygen atoms in total. The molecule has 2 unspecified atom stereocenters. The van der Waals surface area contributed by atoms with Gasteiger partial charge in [0, 0.05) is 16.8 Å². The molecule has 0 radical (unpaired) electrons. The monoisotopic (exact) mass is 462 g/mol. The average molecular weight is 463 g/mol. The third kappa shape index (κ3) is 3.98. The number of carbonyl (C=O) groups excluding carboxylic acids is 3. The van der Waals surface area contributed by atoms with Crippen molar-refractivity contribution in [2.24, 2.45) is 5.92 Å². The van der Waals surface area contributed by atoms with Gasteiger partial charge in [-0.1, -0.05) is 64.5 Å². The van der Waals surface area contributed by atoms with Gasteiger partial charge in [0.15, 0.2) is 5.78 Å². The summed E-state index contributed by atoms with van der Waals surface area (Å²) in [5, 5.41) is 0. The first-order valence-corrected chi connectivity index (χ1v) is 10.4. The van der Waals surface area contributed by atoms with E-state index in [2.05, 4.69) is 15.9 Å². The van der Waals surface area contributed by atoms with Crippen LogP contribution in [0.25, 0.3) is 11.1 Å². The van der Waals surface area contributed by atoms with Gasteiger partial charge in [0.1, 0.15) is 17.5 Å². The van der Waals surface area contributed by atoms with Crippen molar-refractivity contribution < 1.29 is 19.1 Å². The van der Waals surface area contributed by atoms with Crippen LogP contribution in [0.3, 0.4) is 0 Å². The molecular formula is C25H19BrO4. The van der Waals surface area contributed by atoms with E-state index >= 15 is 0 Å². The lowest BCUT2D eigenvalue weighted by Crippen LogP contribution is -2.38. The summed E-state index contributed by atoms with van der Waals surface area (Å²) in [5.74, 6) is -2.34. The molecule has 0 aromatic heterocycles. The van der Waals surface area contributed by atoms with Crippen LogP contribution in [0.1, 0.15) is 35.2 Å². The highest BCUT2D eigenvalue weighted by Crippen LogP contribution is 2.38. The van der Waals surface area contributed by atoms with E-state index in [0.29, 0.717) is 5.56 Å². The molecular weight excluding hydrogens is 444 g/mol. The van der Waals surface area contributed by atoms with Crippen LogP contribution >= 0.6 is 15.9 Å².